The molecule has 0 fully saturated rings. The van der Waals surface area contributed by atoms with Gasteiger partial charge in [0, 0.05) is 29.2 Å². The largest absolute Gasteiger partial charge is 0.497 e. The summed E-state index contributed by atoms with van der Waals surface area (Å²) in [6, 6.07) is 16.6. The fourth-order valence-electron chi connectivity index (χ4n) is 5.05. The van der Waals surface area contributed by atoms with E-state index < -0.39 is 0 Å². The number of Topliss-reactive ketones (excluding diaryl/α,β-unsaturated/α-hetero) is 1. The zero-order valence-electron chi connectivity index (χ0n) is 19.1. The number of fused-ring (bicyclic) bond motifs is 1. The second kappa shape index (κ2) is 7.66. The van der Waals surface area contributed by atoms with Crippen LogP contribution in [0.15, 0.2) is 59.8 Å². The van der Waals surface area contributed by atoms with Gasteiger partial charge in [-0.3, -0.25) is 9.89 Å². The number of aromatic nitrogens is 2. The smallest absolute Gasteiger partial charge is 0.162 e. The quantitative estimate of drug-likeness (QED) is 0.548. The summed E-state index contributed by atoms with van der Waals surface area (Å²) in [4.78, 5) is 13.5. The first-order valence-electron chi connectivity index (χ1n) is 11.2. The third kappa shape index (κ3) is 3.42. The average Bonchev–Trinajstić information content (AvgIpc) is 3.20. The summed E-state index contributed by atoms with van der Waals surface area (Å²) in [6.07, 6.45) is 2.37. The van der Waals surface area contributed by atoms with E-state index in [0.29, 0.717) is 6.42 Å². The van der Waals surface area contributed by atoms with Gasteiger partial charge in [-0.05, 0) is 47.1 Å². The van der Waals surface area contributed by atoms with E-state index in [0.717, 1.165) is 58.1 Å². The summed E-state index contributed by atoms with van der Waals surface area (Å²) < 4.78 is 5.37. The van der Waals surface area contributed by atoms with Gasteiger partial charge in [-0.25, -0.2) is 0 Å². The standard InChI is InChI=1S/C27H29N3O2/c1-5-16-6-8-18(9-7-16)25-24-22(17-10-12-19(32-4)13-11-17)23-20(28-26(24)30-29-25)14-27(2,3)15-21(23)31/h6-13,22H,5,14-15H2,1-4H3,(H2,28,29,30)/t22-/m0/s1. The van der Waals surface area contributed by atoms with Crippen LogP contribution in [0.1, 0.15) is 56.2 Å². The van der Waals surface area contributed by atoms with E-state index in [1.807, 2.05) is 12.1 Å². The third-order valence-electron chi connectivity index (χ3n) is 6.67. The van der Waals surface area contributed by atoms with Crippen LogP contribution in [0.4, 0.5) is 5.82 Å². The van der Waals surface area contributed by atoms with Crippen molar-refractivity contribution >= 4 is 11.6 Å². The van der Waals surface area contributed by atoms with Gasteiger partial charge in [-0.2, -0.15) is 5.10 Å². The number of hydrogen-bond donors (Lipinski definition) is 2. The van der Waals surface area contributed by atoms with Crippen molar-refractivity contribution in [3.63, 3.8) is 0 Å². The predicted octanol–water partition coefficient (Wildman–Crippen LogP) is 5.85. The molecule has 0 radical (unpaired) electrons. The number of ketones is 1. The molecule has 2 aromatic carbocycles. The van der Waals surface area contributed by atoms with Crippen LogP contribution in [0, 0.1) is 5.41 Å². The van der Waals surface area contributed by atoms with Gasteiger partial charge in [0.25, 0.3) is 0 Å². The Morgan fingerprint density at radius 3 is 2.44 bits per heavy atom. The molecule has 0 bridgehead atoms. The van der Waals surface area contributed by atoms with Gasteiger partial charge in [-0.1, -0.05) is 57.2 Å². The molecular weight excluding hydrogens is 398 g/mol. The van der Waals surface area contributed by atoms with Crippen molar-refractivity contribution in [2.24, 2.45) is 5.41 Å². The van der Waals surface area contributed by atoms with Crippen molar-refractivity contribution in [3.05, 3.63) is 76.5 Å². The monoisotopic (exact) mass is 427 g/mol. The van der Waals surface area contributed by atoms with Crippen LogP contribution in [0.5, 0.6) is 5.75 Å². The molecule has 0 saturated carbocycles. The van der Waals surface area contributed by atoms with Crippen molar-refractivity contribution in [2.75, 3.05) is 12.4 Å². The Labute approximate surface area is 188 Å². The number of H-pyrrole nitrogens is 1. The highest BCUT2D eigenvalue weighted by molar-refractivity contribution is 6.02. The fraction of sp³-hybridized carbons (Fsp3) is 0.333. The van der Waals surface area contributed by atoms with Crippen LogP contribution in [0.3, 0.4) is 0 Å². The molecule has 164 valence electrons. The topological polar surface area (TPSA) is 67.0 Å². The van der Waals surface area contributed by atoms with E-state index in [-0.39, 0.29) is 17.1 Å². The van der Waals surface area contributed by atoms with E-state index in [1.165, 1.54) is 5.56 Å². The first kappa shape index (κ1) is 20.6. The predicted molar refractivity (Wildman–Crippen MR) is 127 cm³/mol. The van der Waals surface area contributed by atoms with E-state index >= 15 is 0 Å². The summed E-state index contributed by atoms with van der Waals surface area (Å²) in [5.41, 5.74) is 7.23. The summed E-state index contributed by atoms with van der Waals surface area (Å²) >= 11 is 0. The summed E-state index contributed by atoms with van der Waals surface area (Å²) in [6.45, 7) is 6.46. The van der Waals surface area contributed by atoms with E-state index in [2.05, 4.69) is 72.7 Å². The molecule has 5 rings (SSSR count). The molecular formula is C27H29N3O2. The lowest BCUT2D eigenvalue weighted by Gasteiger charge is -2.38. The maximum atomic E-state index is 13.5. The van der Waals surface area contributed by atoms with Crippen molar-refractivity contribution in [3.8, 4) is 17.0 Å². The van der Waals surface area contributed by atoms with Gasteiger partial charge in [0.2, 0.25) is 0 Å². The molecule has 2 N–H and O–H groups in total. The van der Waals surface area contributed by atoms with Gasteiger partial charge >= 0.3 is 0 Å². The van der Waals surface area contributed by atoms with Crippen LogP contribution >= 0.6 is 0 Å². The Morgan fingerprint density at radius 1 is 1.06 bits per heavy atom. The number of nitrogens with zero attached hydrogens (tertiary/aromatic N) is 1. The zero-order chi connectivity index (χ0) is 22.5. The van der Waals surface area contributed by atoms with Crippen LogP contribution < -0.4 is 10.1 Å². The minimum atomic E-state index is -0.171. The normalized spacial score (nSPS) is 19.2. The SMILES string of the molecule is CCc1ccc(-c2[nH]nc3c2[C@@H](c2ccc(OC)cc2)C2=C(CC(C)(C)CC2=O)N3)cc1. The third-order valence-corrected chi connectivity index (χ3v) is 6.67. The van der Waals surface area contributed by atoms with Crippen LogP contribution in [0.2, 0.25) is 0 Å². The van der Waals surface area contributed by atoms with Crippen LogP contribution in [0.25, 0.3) is 11.3 Å². The van der Waals surface area contributed by atoms with Gasteiger partial charge < -0.3 is 10.1 Å². The number of carbonyl (C=O) groups is 1. The second-order valence-electron chi connectivity index (χ2n) is 9.58. The minimum absolute atomic E-state index is 0.0694. The molecule has 3 aromatic rings. The average molecular weight is 428 g/mol. The molecule has 0 spiro atoms. The second-order valence-corrected chi connectivity index (χ2v) is 9.58. The summed E-state index contributed by atoms with van der Waals surface area (Å²) in [5.74, 6) is 1.65. The highest BCUT2D eigenvalue weighted by Crippen LogP contribution is 2.51. The molecule has 32 heavy (non-hydrogen) atoms. The van der Waals surface area contributed by atoms with Crippen molar-refractivity contribution in [1.29, 1.82) is 0 Å². The number of allylic oxidation sites excluding steroid dienone is 2. The van der Waals surface area contributed by atoms with Crippen LogP contribution in [-0.2, 0) is 11.2 Å². The highest BCUT2D eigenvalue weighted by Gasteiger charge is 2.42. The molecule has 0 saturated heterocycles. The molecule has 0 unspecified atom stereocenters. The molecule has 2 heterocycles. The number of carbonyl (C=O) groups excluding carboxylic acids is 1. The Hall–Kier alpha value is -3.34. The number of hydrogen-bond acceptors (Lipinski definition) is 4. The molecule has 1 aliphatic heterocycles. The lowest BCUT2D eigenvalue weighted by atomic mass is 9.69. The van der Waals surface area contributed by atoms with Gasteiger partial charge in [-0.15, -0.1) is 0 Å². The van der Waals surface area contributed by atoms with Gasteiger partial charge in [0.15, 0.2) is 11.6 Å². The number of rotatable bonds is 4. The zero-order valence-corrected chi connectivity index (χ0v) is 19.1. The van der Waals surface area contributed by atoms with Crippen LogP contribution in [-0.4, -0.2) is 23.1 Å². The maximum absolute atomic E-state index is 13.5. The van der Waals surface area contributed by atoms with E-state index in [1.54, 1.807) is 7.11 Å². The van der Waals surface area contributed by atoms with Crippen molar-refractivity contribution in [2.45, 2.75) is 46.0 Å². The van der Waals surface area contributed by atoms with Crippen molar-refractivity contribution < 1.29 is 9.53 Å². The van der Waals surface area contributed by atoms with E-state index in [9.17, 15) is 4.79 Å². The molecule has 2 aliphatic rings. The summed E-state index contributed by atoms with van der Waals surface area (Å²) in [7, 11) is 1.67. The fourth-order valence-corrected chi connectivity index (χ4v) is 5.05. The molecule has 0 amide bonds. The molecule has 1 atom stereocenters. The number of ether oxygens (including phenoxy) is 1. The number of benzene rings is 2. The minimum Gasteiger partial charge on any atom is -0.497 e. The molecule has 5 nitrogen and oxygen atoms in total. The number of methoxy groups -OCH3 is 1. The first-order chi connectivity index (χ1) is 15.4. The number of anilines is 1. The Balaban J connectivity index is 1.69. The molecule has 1 aliphatic carbocycles. The Morgan fingerprint density at radius 2 is 1.78 bits per heavy atom. The Bertz CT molecular complexity index is 1200. The lowest BCUT2D eigenvalue weighted by Crippen LogP contribution is -2.33. The first-order valence-corrected chi connectivity index (χ1v) is 11.2. The molecule has 1 aromatic heterocycles. The molecule has 5 heteroatoms. The summed E-state index contributed by atoms with van der Waals surface area (Å²) in [5, 5.41) is 11.4. The number of aryl methyl sites for hydroxylation is 1. The highest BCUT2D eigenvalue weighted by atomic mass is 16.5. The lowest BCUT2D eigenvalue weighted by molar-refractivity contribution is -0.118. The van der Waals surface area contributed by atoms with Crippen molar-refractivity contribution in [1.82, 2.24) is 10.2 Å². The number of nitrogens with one attached hydrogen (secondary N) is 2. The van der Waals surface area contributed by atoms with E-state index in [4.69, 9.17) is 4.74 Å². The maximum Gasteiger partial charge on any atom is 0.162 e. The van der Waals surface area contributed by atoms with Gasteiger partial charge in [0.1, 0.15) is 5.75 Å². The number of aromatic amines is 1. The van der Waals surface area contributed by atoms with Gasteiger partial charge in [0.05, 0.1) is 12.8 Å². The Kier molecular flexibility index (Phi) is 4.92.